The number of piperidine rings is 1. The molecule has 7 nitrogen and oxygen atoms in total. The van der Waals surface area contributed by atoms with Crippen LogP contribution in [0, 0.1) is 5.41 Å². The fraction of sp³-hybridized carbons (Fsp3) is 0.471. The fourth-order valence-corrected chi connectivity index (χ4v) is 3.11. The van der Waals surface area contributed by atoms with Crippen molar-refractivity contribution < 1.29 is 9.53 Å². The number of amides is 1. The molecule has 1 aromatic heterocycles. The van der Waals surface area contributed by atoms with Crippen LogP contribution in [0.4, 0.5) is 0 Å². The van der Waals surface area contributed by atoms with Crippen LogP contribution in [0.3, 0.4) is 0 Å². The Morgan fingerprint density at radius 3 is 2.71 bits per heavy atom. The maximum atomic E-state index is 12.4. The molecule has 0 aliphatic carbocycles. The Balaban J connectivity index is 1.62. The third-order valence-corrected chi connectivity index (χ3v) is 4.55. The average Bonchev–Trinajstić information content (AvgIpc) is 3.16. The summed E-state index contributed by atoms with van der Waals surface area (Å²) in [5, 5.41) is 10.5. The summed E-state index contributed by atoms with van der Waals surface area (Å²) < 4.78 is 7.04. The van der Waals surface area contributed by atoms with Gasteiger partial charge in [0.2, 0.25) is 0 Å². The summed E-state index contributed by atoms with van der Waals surface area (Å²) in [5.41, 5.74) is 1.54. The molecule has 3 rings (SSSR count). The molecule has 0 unspecified atom stereocenters. The molecule has 128 valence electrons. The maximum absolute atomic E-state index is 12.4. The molecule has 2 aromatic rings. The van der Waals surface area contributed by atoms with Crippen molar-refractivity contribution in [2.45, 2.75) is 12.8 Å². The largest absolute Gasteiger partial charge is 0.384 e. The Hall–Kier alpha value is -2.25. The Labute approximate surface area is 141 Å². The highest BCUT2D eigenvalue weighted by Crippen LogP contribution is 2.28. The van der Waals surface area contributed by atoms with E-state index in [0.29, 0.717) is 18.7 Å². The van der Waals surface area contributed by atoms with Crippen LogP contribution in [-0.2, 0) is 4.74 Å². The maximum Gasteiger partial charge on any atom is 0.251 e. The summed E-state index contributed by atoms with van der Waals surface area (Å²) in [6, 6.07) is 7.33. The third-order valence-electron chi connectivity index (χ3n) is 4.55. The van der Waals surface area contributed by atoms with Crippen molar-refractivity contribution in [3.05, 3.63) is 42.5 Å². The highest BCUT2D eigenvalue weighted by atomic mass is 16.5. The molecule has 1 amide bonds. The van der Waals surface area contributed by atoms with Gasteiger partial charge in [-0.05, 0) is 50.2 Å². The zero-order valence-electron chi connectivity index (χ0n) is 13.9. The van der Waals surface area contributed by atoms with Gasteiger partial charge in [-0.15, -0.1) is 0 Å². The van der Waals surface area contributed by atoms with E-state index >= 15 is 0 Å². The third kappa shape index (κ3) is 3.80. The minimum absolute atomic E-state index is 0.0241. The first-order valence-corrected chi connectivity index (χ1v) is 8.15. The number of hydrogen-bond acceptors (Lipinski definition) is 5. The fourth-order valence-electron chi connectivity index (χ4n) is 3.11. The summed E-state index contributed by atoms with van der Waals surface area (Å²) in [6.45, 7) is 3.23. The molecule has 1 fully saturated rings. The van der Waals surface area contributed by atoms with E-state index in [2.05, 4.69) is 20.7 Å². The first kappa shape index (κ1) is 16.6. The molecule has 7 heteroatoms. The van der Waals surface area contributed by atoms with Crippen LogP contribution in [0.15, 0.2) is 36.9 Å². The number of nitrogens with zero attached hydrogens (tertiary/aromatic N) is 3. The van der Waals surface area contributed by atoms with Gasteiger partial charge in [-0.1, -0.05) is 0 Å². The number of hydrogen-bond donors (Lipinski definition) is 2. The topological polar surface area (TPSA) is 81.1 Å². The van der Waals surface area contributed by atoms with Crippen LogP contribution in [0.25, 0.3) is 5.69 Å². The van der Waals surface area contributed by atoms with Gasteiger partial charge in [0.1, 0.15) is 12.7 Å². The van der Waals surface area contributed by atoms with Crippen molar-refractivity contribution in [1.29, 1.82) is 0 Å². The van der Waals surface area contributed by atoms with Crippen LogP contribution < -0.4 is 10.6 Å². The van der Waals surface area contributed by atoms with Crippen LogP contribution in [0.2, 0.25) is 0 Å². The number of ether oxygens (including phenoxy) is 1. The summed E-state index contributed by atoms with van der Waals surface area (Å²) in [5.74, 6) is -0.0610. The van der Waals surface area contributed by atoms with Gasteiger partial charge in [0.25, 0.3) is 5.91 Å². The second-order valence-corrected chi connectivity index (χ2v) is 6.25. The average molecular weight is 329 g/mol. The second-order valence-electron chi connectivity index (χ2n) is 6.25. The zero-order chi connectivity index (χ0) is 16.8. The standard InChI is InChI=1S/C17H23N5O2/c1-24-11-17(6-8-18-9-7-17)10-20-16(23)14-2-4-15(5-3-14)22-13-19-12-21-22/h2-5,12-13,18H,6-11H2,1H3,(H,20,23). The molecule has 1 saturated heterocycles. The molecule has 0 bridgehead atoms. The molecule has 1 aliphatic rings. The lowest BCUT2D eigenvalue weighted by molar-refractivity contribution is 0.0512. The van der Waals surface area contributed by atoms with Gasteiger partial charge in [-0.2, -0.15) is 5.10 Å². The molecule has 2 heterocycles. The van der Waals surface area contributed by atoms with Gasteiger partial charge in [0.05, 0.1) is 12.3 Å². The highest BCUT2D eigenvalue weighted by molar-refractivity contribution is 5.94. The summed E-state index contributed by atoms with van der Waals surface area (Å²) in [6.07, 6.45) is 5.12. The van der Waals surface area contributed by atoms with Crippen molar-refractivity contribution in [3.8, 4) is 5.69 Å². The number of methoxy groups -OCH3 is 1. The van der Waals surface area contributed by atoms with Crippen LogP contribution in [0.1, 0.15) is 23.2 Å². The second kappa shape index (κ2) is 7.55. The minimum atomic E-state index is -0.0610. The number of nitrogens with one attached hydrogen (secondary N) is 2. The van der Waals surface area contributed by atoms with E-state index in [1.165, 1.54) is 6.33 Å². The molecule has 1 aliphatic heterocycles. The molecule has 0 radical (unpaired) electrons. The summed E-state index contributed by atoms with van der Waals surface area (Å²) in [4.78, 5) is 16.3. The molecule has 24 heavy (non-hydrogen) atoms. The number of aromatic nitrogens is 3. The van der Waals surface area contributed by atoms with Gasteiger partial charge >= 0.3 is 0 Å². The Morgan fingerprint density at radius 2 is 2.08 bits per heavy atom. The minimum Gasteiger partial charge on any atom is -0.384 e. The monoisotopic (exact) mass is 329 g/mol. The van der Waals surface area contributed by atoms with Crippen molar-refractivity contribution in [2.75, 3.05) is 33.4 Å². The lowest BCUT2D eigenvalue weighted by Gasteiger charge is -2.37. The number of benzene rings is 1. The number of carbonyl (C=O) groups excluding carboxylic acids is 1. The van der Waals surface area contributed by atoms with Gasteiger partial charge < -0.3 is 15.4 Å². The van der Waals surface area contributed by atoms with Crippen LogP contribution in [0.5, 0.6) is 0 Å². The molecule has 0 saturated carbocycles. The molecular formula is C17H23N5O2. The Kier molecular flexibility index (Phi) is 5.22. The zero-order valence-corrected chi connectivity index (χ0v) is 13.9. The first-order valence-electron chi connectivity index (χ1n) is 8.15. The van der Waals surface area contributed by atoms with Crippen molar-refractivity contribution in [2.24, 2.45) is 5.41 Å². The van der Waals surface area contributed by atoms with E-state index in [1.54, 1.807) is 30.3 Å². The predicted octanol–water partition coefficient (Wildman–Crippen LogP) is 1.01. The Bertz CT molecular complexity index is 643. The molecule has 0 atom stereocenters. The normalized spacial score (nSPS) is 16.7. The van der Waals surface area contributed by atoms with Gasteiger partial charge in [0, 0.05) is 24.6 Å². The van der Waals surface area contributed by atoms with E-state index in [1.807, 2.05) is 12.1 Å². The van der Waals surface area contributed by atoms with E-state index in [-0.39, 0.29) is 11.3 Å². The van der Waals surface area contributed by atoms with Crippen molar-refractivity contribution in [3.63, 3.8) is 0 Å². The molecule has 1 aromatic carbocycles. The van der Waals surface area contributed by atoms with Crippen molar-refractivity contribution in [1.82, 2.24) is 25.4 Å². The lowest BCUT2D eigenvalue weighted by Crippen LogP contribution is -2.47. The SMILES string of the molecule is COCC1(CNC(=O)c2ccc(-n3cncn3)cc2)CCNCC1. The number of carbonyl (C=O) groups is 1. The van der Waals surface area contributed by atoms with Gasteiger partial charge in [-0.3, -0.25) is 4.79 Å². The lowest BCUT2D eigenvalue weighted by atomic mass is 9.79. The van der Waals surface area contributed by atoms with E-state index in [0.717, 1.165) is 31.6 Å². The molecule has 2 N–H and O–H groups in total. The van der Waals surface area contributed by atoms with Crippen molar-refractivity contribution >= 4 is 5.91 Å². The first-order chi connectivity index (χ1) is 11.7. The van der Waals surface area contributed by atoms with E-state index in [4.69, 9.17) is 4.74 Å². The number of rotatable bonds is 6. The predicted molar refractivity (Wildman–Crippen MR) is 90.1 cm³/mol. The Morgan fingerprint density at radius 1 is 1.33 bits per heavy atom. The van der Waals surface area contributed by atoms with E-state index < -0.39 is 0 Å². The van der Waals surface area contributed by atoms with Crippen LogP contribution in [-0.4, -0.2) is 54.0 Å². The molecule has 0 spiro atoms. The summed E-state index contributed by atoms with van der Waals surface area (Å²) >= 11 is 0. The van der Waals surface area contributed by atoms with E-state index in [9.17, 15) is 4.79 Å². The van der Waals surface area contributed by atoms with Gasteiger partial charge in [0.15, 0.2) is 0 Å². The highest BCUT2D eigenvalue weighted by Gasteiger charge is 2.32. The summed E-state index contributed by atoms with van der Waals surface area (Å²) in [7, 11) is 1.72. The quantitative estimate of drug-likeness (QED) is 0.827. The van der Waals surface area contributed by atoms with Gasteiger partial charge in [-0.25, -0.2) is 9.67 Å². The molecular weight excluding hydrogens is 306 g/mol. The smallest absolute Gasteiger partial charge is 0.251 e. The van der Waals surface area contributed by atoms with Crippen LogP contribution >= 0.6 is 0 Å².